The summed E-state index contributed by atoms with van der Waals surface area (Å²) in [5, 5.41) is 6.20. The number of carbonyl (C=O) groups excluding carboxylic acids is 1. The Morgan fingerprint density at radius 3 is 2.52 bits per heavy atom. The lowest BCUT2D eigenvalue weighted by Gasteiger charge is -2.36. The average molecular weight is 347 g/mol. The van der Waals surface area contributed by atoms with E-state index in [4.69, 9.17) is 0 Å². The summed E-state index contributed by atoms with van der Waals surface area (Å²) in [5.74, 6) is 1.71. The number of aromatic nitrogens is 2. The predicted octanol–water partition coefficient (Wildman–Crippen LogP) is 0.480. The molecule has 8 nitrogen and oxygen atoms in total. The molecule has 1 amide bonds. The maximum absolute atomic E-state index is 11.7. The molecular weight excluding hydrogens is 318 g/mol. The third-order valence-corrected chi connectivity index (χ3v) is 3.92. The van der Waals surface area contributed by atoms with E-state index in [1.54, 1.807) is 12.4 Å². The van der Waals surface area contributed by atoms with Crippen LogP contribution in [0.3, 0.4) is 0 Å². The summed E-state index contributed by atoms with van der Waals surface area (Å²) in [7, 11) is 0. The summed E-state index contributed by atoms with van der Waals surface area (Å²) in [6.07, 6.45) is 4.91. The summed E-state index contributed by atoms with van der Waals surface area (Å²) in [6, 6.07) is 1.83. The highest BCUT2D eigenvalue weighted by molar-refractivity contribution is 5.81. The van der Waals surface area contributed by atoms with Crippen molar-refractivity contribution < 1.29 is 4.79 Å². The van der Waals surface area contributed by atoms with Gasteiger partial charge in [0.05, 0.1) is 6.54 Å². The molecule has 0 unspecified atom stereocenters. The molecule has 1 fully saturated rings. The van der Waals surface area contributed by atoms with Gasteiger partial charge in [0.1, 0.15) is 0 Å². The van der Waals surface area contributed by atoms with Crippen LogP contribution in [-0.4, -0.2) is 72.5 Å². The molecule has 25 heavy (non-hydrogen) atoms. The van der Waals surface area contributed by atoms with Crippen molar-refractivity contribution in [1.29, 1.82) is 0 Å². The molecule has 138 valence electrons. The van der Waals surface area contributed by atoms with E-state index in [1.165, 1.54) is 0 Å². The normalized spacial score (nSPS) is 15.2. The number of aliphatic imine (C=N–C) groups is 1. The van der Waals surface area contributed by atoms with Crippen molar-refractivity contribution in [2.24, 2.45) is 4.99 Å². The fourth-order valence-corrected chi connectivity index (χ4v) is 2.61. The van der Waals surface area contributed by atoms with Crippen molar-refractivity contribution in [2.75, 3.05) is 50.7 Å². The van der Waals surface area contributed by atoms with Crippen LogP contribution in [0.15, 0.2) is 23.5 Å². The van der Waals surface area contributed by atoms with Gasteiger partial charge in [-0.25, -0.2) is 9.97 Å². The minimum atomic E-state index is 0.0625. The second-order valence-corrected chi connectivity index (χ2v) is 5.86. The van der Waals surface area contributed by atoms with Crippen LogP contribution in [0.2, 0.25) is 0 Å². The van der Waals surface area contributed by atoms with E-state index in [0.29, 0.717) is 13.0 Å². The van der Waals surface area contributed by atoms with Gasteiger partial charge in [-0.05, 0) is 19.4 Å². The van der Waals surface area contributed by atoms with Crippen molar-refractivity contribution in [1.82, 2.24) is 25.5 Å². The third kappa shape index (κ3) is 6.21. The fourth-order valence-electron chi connectivity index (χ4n) is 2.61. The van der Waals surface area contributed by atoms with Gasteiger partial charge in [0.25, 0.3) is 0 Å². The van der Waals surface area contributed by atoms with Crippen LogP contribution in [0.4, 0.5) is 5.95 Å². The van der Waals surface area contributed by atoms with Gasteiger partial charge in [-0.15, -0.1) is 0 Å². The first-order chi connectivity index (χ1) is 12.2. The van der Waals surface area contributed by atoms with Crippen LogP contribution in [-0.2, 0) is 4.79 Å². The van der Waals surface area contributed by atoms with Crippen molar-refractivity contribution in [3.8, 4) is 0 Å². The van der Waals surface area contributed by atoms with Gasteiger partial charge >= 0.3 is 0 Å². The number of nitrogens with zero attached hydrogens (tertiary/aromatic N) is 5. The van der Waals surface area contributed by atoms with Gasteiger partial charge in [0, 0.05) is 58.1 Å². The molecule has 1 aliphatic heterocycles. The largest absolute Gasteiger partial charge is 0.357 e. The van der Waals surface area contributed by atoms with E-state index in [-0.39, 0.29) is 5.91 Å². The maximum atomic E-state index is 11.7. The zero-order chi connectivity index (χ0) is 17.9. The van der Waals surface area contributed by atoms with Gasteiger partial charge in [-0.2, -0.15) is 0 Å². The summed E-state index contributed by atoms with van der Waals surface area (Å²) in [4.78, 5) is 29.3. The lowest BCUT2D eigenvalue weighted by molar-refractivity contribution is -0.120. The molecule has 1 aromatic rings. The van der Waals surface area contributed by atoms with E-state index in [0.717, 1.165) is 57.6 Å². The number of guanidine groups is 1. The first-order valence-electron chi connectivity index (χ1n) is 9.06. The Bertz CT molecular complexity index is 541. The Hall–Kier alpha value is -2.38. The number of amides is 1. The van der Waals surface area contributed by atoms with Crippen molar-refractivity contribution in [3.05, 3.63) is 18.5 Å². The molecule has 0 bridgehead atoms. The van der Waals surface area contributed by atoms with Gasteiger partial charge < -0.3 is 20.4 Å². The Balaban J connectivity index is 1.84. The highest BCUT2D eigenvalue weighted by Gasteiger charge is 2.21. The van der Waals surface area contributed by atoms with Crippen LogP contribution < -0.4 is 15.5 Å². The molecule has 1 aromatic heterocycles. The third-order valence-electron chi connectivity index (χ3n) is 3.92. The molecule has 8 heteroatoms. The number of anilines is 1. The monoisotopic (exact) mass is 347 g/mol. The summed E-state index contributed by atoms with van der Waals surface area (Å²) < 4.78 is 0. The quantitative estimate of drug-likeness (QED) is 0.551. The zero-order valence-electron chi connectivity index (χ0n) is 15.2. The van der Waals surface area contributed by atoms with Crippen LogP contribution in [0.25, 0.3) is 0 Å². The maximum Gasteiger partial charge on any atom is 0.225 e. The fraction of sp³-hybridized carbons (Fsp3) is 0.647. The molecule has 2 rings (SSSR count). The van der Waals surface area contributed by atoms with E-state index < -0.39 is 0 Å². The second-order valence-electron chi connectivity index (χ2n) is 5.86. The molecule has 2 N–H and O–H groups in total. The molecule has 0 saturated carbocycles. The van der Waals surface area contributed by atoms with Gasteiger partial charge in [-0.1, -0.05) is 6.92 Å². The number of rotatable bonds is 7. The Morgan fingerprint density at radius 1 is 1.16 bits per heavy atom. The standard InChI is InChI=1S/C17H29N7O/c1-3-7-19-15(25)6-10-22-16(18-4-2)23-11-13-24(14-12-23)17-20-8-5-9-21-17/h5,8-9H,3-4,6-7,10-14H2,1-2H3,(H,18,22)(H,19,25). The lowest BCUT2D eigenvalue weighted by atomic mass is 10.3. The summed E-state index contributed by atoms with van der Waals surface area (Å²) >= 11 is 0. The van der Waals surface area contributed by atoms with Crippen LogP contribution in [0.5, 0.6) is 0 Å². The molecule has 0 spiro atoms. The summed E-state index contributed by atoms with van der Waals surface area (Å²) in [6.45, 7) is 9.54. The predicted molar refractivity (Wildman–Crippen MR) is 99.7 cm³/mol. The Labute approximate surface area is 149 Å². The van der Waals surface area contributed by atoms with Crippen molar-refractivity contribution in [2.45, 2.75) is 26.7 Å². The number of nitrogens with one attached hydrogen (secondary N) is 2. The SMILES string of the molecule is CCCNC(=O)CCN=C(NCC)N1CCN(c2ncccn2)CC1. The topological polar surface area (TPSA) is 85.8 Å². The van der Waals surface area contributed by atoms with Crippen LogP contribution in [0, 0.1) is 0 Å². The van der Waals surface area contributed by atoms with Gasteiger partial charge in [0.2, 0.25) is 11.9 Å². The van der Waals surface area contributed by atoms with E-state index in [1.807, 2.05) is 13.0 Å². The van der Waals surface area contributed by atoms with E-state index >= 15 is 0 Å². The molecule has 0 radical (unpaired) electrons. The second kappa shape index (κ2) is 10.5. The highest BCUT2D eigenvalue weighted by Crippen LogP contribution is 2.09. The molecule has 0 atom stereocenters. The first-order valence-corrected chi connectivity index (χ1v) is 9.06. The van der Waals surface area contributed by atoms with Crippen molar-refractivity contribution >= 4 is 17.8 Å². The van der Waals surface area contributed by atoms with Crippen LogP contribution >= 0.6 is 0 Å². The van der Waals surface area contributed by atoms with Crippen LogP contribution in [0.1, 0.15) is 26.7 Å². The molecular formula is C17H29N7O. The minimum Gasteiger partial charge on any atom is -0.357 e. The number of piperazine rings is 1. The molecule has 0 aromatic carbocycles. The number of hydrogen-bond acceptors (Lipinski definition) is 5. The van der Waals surface area contributed by atoms with Gasteiger partial charge in [-0.3, -0.25) is 9.79 Å². The van der Waals surface area contributed by atoms with E-state index in [2.05, 4.69) is 42.3 Å². The van der Waals surface area contributed by atoms with Gasteiger partial charge in [0.15, 0.2) is 5.96 Å². The highest BCUT2D eigenvalue weighted by atomic mass is 16.1. The molecule has 0 aliphatic carbocycles. The lowest BCUT2D eigenvalue weighted by Crippen LogP contribution is -2.53. The van der Waals surface area contributed by atoms with E-state index in [9.17, 15) is 4.79 Å². The number of hydrogen-bond donors (Lipinski definition) is 2. The first kappa shape index (κ1) is 19.0. The smallest absolute Gasteiger partial charge is 0.225 e. The minimum absolute atomic E-state index is 0.0625. The summed E-state index contributed by atoms with van der Waals surface area (Å²) in [5.41, 5.74) is 0. The number of carbonyl (C=O) groups is 1. The van der Waals surface area contributed by atoms with Crippen molar-refractivity contribution in [3.63, 3.8) is 0 Å². The molecule has 1 aliphatic rings. The average Bonchev–Trinajstić information content (AvgIpc) is 2.66. The Kier molecular flexibility index (Phi) is 7.94. The molecule has 2 heterocycles. The zero-order valence-corrected chi connectivity index (χ0v) is 15.2. The Morgan fingerprint density at radius 2 is 1.88 bits per heavy atom. The molecule has 1 saturated heterocycles.